The molecule has 0 aromatic rings. The molecule has 3 N–H and O–H groups in total. The van der Waals surface area contributed by atoms with E-state index in [2.05, 4.69) is 31.3 Å². The van der Waals surface area contributed by atoms with Gasteiger partial charge < -0.3 is 11.1 Å². The molecule has 0 aromatic heterocycles. The van der Waals surface area contributed by atoms with Gasteiger partial charge >= 0.3 is 0 Å². The molecule has 0 heterocycles. The Morgan fingerprint density at radius 2 is 2.31 bits per heavy atom. The summed E-state index contributed by atoms with van der Waals surface area (Å²) in [7, 11) is 0. The summed E-state index contributed by atoms with van der Waals surface area (Å²) in [5, 5.41) is 3.45. The molecule has 0 fully saturated rings. The number of allylic oxidation sites excluding steroid dienone is 2. The van der Waals surface area contributed by atoms with Crippen molar-refractivity contribution in [2.75, 3.05) is 13.1 Å². The first-order valence-electron chi connectivity index (χ1n) is 5.34. The number of rotatable bonds is 5. The first-order chi connectivity index (χ1) is 6.24. The van der Waals surface area contributed by atoms with Gasteiger partial charge in [-0.2, -0.15) is 0 Å². The first-order valence-corrected chi connectivity index (χ1v) is 5.34. The summed E-state index contributed by atoms with van der Waals surface area (Å²) in [5.41, 5.74) is 5.54. The second-order valence-corrected chi connectivity index (χ2v) is 4.19. The lowest BCUT2D eigenvalue weighted by molar-refractivity contribution is 0.378. The molecule has 0 saturated heterocycles. The molecule has 0 aliphatic heterocycles. The molecule has 0 bridgehead atoms. The van der Waals surface area contributed by atoms with Crippen LogP contribution >= 0.6 is 0 Å². The van der Waals surface area contributed by atoms with Gasteiger partial charge in [0.1, 0.15) is 0 Å². The normalized spacial score (nSPS) is 26.2. The van der Waals surface area contributed by atoms with Crippen molar-refractivity contribution in [3.05, 3.63) is 12.2 Å². The third-order valence-electron chi connectivity index (χ3n) is 2.92. The van der Waals surface area contributed by atoms with E-state index in [9.17, 15) is 0 Å². The van der Waals surface area contributed by atoms with Gasteiger partial charge in [-0.3, -0.25) is 0 Å². The number of nitrogens with two attached hydrogens (primary N) is 1. The second-order valence-electron chi connectivity index (χ2n) is 4.19. The van der Waals surface area contributed by atoms with Gasteiger partial charge in [-0.25, -0.2) is 0 Å². The largest absolute Gasteiger partial charge is 0.329 e. The van der Waals surface area contributed by atoms with Crippen LogP contribution in [0.15, 0.2) is 12.2 Å². The van der Waals surface area contributed by atoms with Crippen LogP contribution in [0.4, 0.5) is 0 Å². The van der Waals surface area contributed by atoms with E-state index in [-0.39, 0.29) is 0 Å². The zero-order valence-electron chi connectivity index (χ0n) is 8.79. The van der Waals surface area contributed by atoms with E-state index in [1.165, 1.54) is 12.8 Å². The van der Waals surface area contributed by atoms with E-state index < -0.39 is 0 Å². The fraction of sp³-hybridized carbons (Fsp3) is 0.818. The predicted molar refractivity (Wildman–Crippen MR) is 57.5 cm³/mol. The second kappa shape index (κ2) is 5.40. The highest BCUT2D eigenvalue weighted by Gasteiger charge is 2.16. The summed E-state index contributed by atoms with van der Waals surface area (Å²) in [6, 6.07) is 0.452. The van der Waals surface area contributed by atoms with Crippen LogP contribution in [0.1, 0.15) is 26.7 Å². The smallest absolute Gasteiger partial charge is 0.0162 e. The molecule has 2 nitrogen and oxygen atoms in total. The van der Waals surface area contributed by atoms with Crippen LogP contribution in [-0.4, -0.2) is 19.1 Å². The van der Waals surface area contributed by atoms with Gasteiger partial charge in [0.05, 0.1) is 0 Å². The average Bonchev–Trinajstić information content (AvgIpc) is 2.66. The fourth-order valence-corrected chi connectivity index (χ4v) is 1.75. The van der Waals surface area contributed by atoms with Gasteiger partial charge in [-0.05, 0) is 38.1 Å². The Labute approximate surface area is 81.6 Å². The minimum atomic E-state index is 0.452. The van der Waals surface area contributed by atoms with Crippen molar-refractivity contribution in [1.82, 2.24) is 5.32 Å². The Morgan fingerprint density at radius 1 is 1.54 bits per heavy atom. The van der Waals surface area contributed by atoms with E-state index in [1.807, 2.05) is 0 Å². The van der Waals surface area contributed by atoms with Crippen molar-refractivity contribution < 1.29 is 0 Å². The number of nitrogens with one attached hydrogen (secondary N) is 1. The summed E-state index contributed by atoms with van der Waals surface area (Å²) in [6.45, 7) is 6.27. The molecule has 3 atom stereocenters. The van der Waals surface area contributed by atoms with Gasteiger partial charge in [-0.1, -0.05) is 19.1 Å². The average molecular weight is 182 g/mol. The van der Waals surface area contributed by atoms with E-state index in [0.29, 0.717) is 6.04 Å². The Morgan fingerprint density at radius 3 is 2.85 bits per heavy atom. The van der Waals surface area contributed by atoms with E-state index in [0.717, 1.165) is 24.9 Å². The Balaban J connectivity index is 2.16. The van der Waals surface area contributed by atoms with Crippen LogP contribution < -0.4 is 11.1 Å². The van der Waals surface area contributed by atoms with E-state index in [1.54, 1.807) is 0 Å². The highest BCUT2D eigenvalue weighted by atomic mass is 14.9. The molecule has 0 saturated carbocycles. The van der Waals surface area contributed by atoms with Crippen molar-refractivity contribution in [2.24, 2.45) is 17.6 Å². The quantitative estimate of drug-likeness (QED) is 0.633. The Hall–Kier alpha value is -0.340. The molecular formula is C11H22N2. The van der Waals surface area contributed by atoms with Crippen LogP contribution in [-0.2, 0) is 0 Å². The van der Waals surface area contributed by atoms with Crippen LogP contribution in [0.3, 0.4) is 0 Å². The molecule has 76 valence electrons. The van der Waals surface area contributed by atoms with Crippen molar-refractivity contribution in [2.45, 2.75) is 32.7 Å². The topological polar surface area (TPSA) is 38.0 Å². The standard InChI is InChI=1S/C11H22N2/c1-9(8-13-10(2)7-12)11-5-3-4-6-11/h3,5,9-11,13H,4,6-8,12H2,1-2H3/t9?,10?,11-/m1/s1. The summed E-state index contributed by atoms with van der Waals surface area (Å²) >= 11 is 0. The van der Waals surface area contributed by atoms with Gasteiger partial charge in [0.2, 0.25) is 0 Å². The highest BCUT2D eigenvalue weighted by Crippen LogP contribution is 2.24. The maximum absolute atomic E-state index is 5.54. The SMILES string of the molecule is CC(CN)NCC(C)[C@@H]1C=CCC1. The van der Waals surface area contributed by atoms with Gasteiger partial charge in [0.25, 0.3) is 0 Å². The minimum absolute atomic E-state index is 0.452. The molecule has 0 spiro atoms. The zero-order chi connectivity index (χ0) is 9.68. The lowest BCUT2D eigenvalue weighted by Gasteiger charge is -2.20. The van der Waals surface area contributed by atoms with Crippen molar-refractivity contribution in [3.8, 4) is 0 Å². The van der Waals surface area contributed by atoms with Crippen LogP contribution in [0.2, 0.25) is 0 Å². The lowest BCUT2D eigenvalue weighted by atomic mass is 9.93. The molecule has 0 radical (unpaired) electrons. The summed E-state index contributed by atoms with van der Waals surface area (Å²) < 4.78 is 0. The third-order valence-corrected chi connectivity index (χ3v) is 2.92. The zero-order valence-corrected chi connectivity index (χ0v) is 8.79. The lowest BCUT2D eigenvalue weighted by Crippen LogP contribution is -2.37. The van der Waals surface area contributed by atoms with Crippen LogP contribution in [0, 0.1) is 11.8 Å². The van der Waals surface area contributed by atoms with Gasteiger partial charge in [-0.15, -0.1) is 0 Å². The molecule has 1 aliphatic carbocycles. The van der Waals surface area contributed by atoms with Crippen molar-refractivity contribution in [1.29, 1.82) is 0 Å². The monoisotopic (exact) mass is 182 g/mol. The highest BCUT2D eigenvalue weighted by molar-refractivity contribution is 4.98. The molecule has 2 heteroatoms. The third kappa shape index (κ3) is 3.49. The van der Waals surface area contributed by atoms with Crippen molar-refractivity contribution in [3.63, 3.8) is 0 Å². The number of hydrogen-bond donors (Lipinski definition) is 2. The summed E-state index contributed by atoms with van der Waals surface area (Å²) in [5.74, 6) is 1.53. The van der Waals surface area contributed by atoms with Gasteiger partial charge in [0.15, 0.2) is 0 Å². The minimum Gasteiger partial charge on any atom is -0.329 e. The summed E-state index contributed by atoms with van der Waals surface area (Å²) in [4.78, 5) is 0. The molecule has 1 aliphatic rings. The molecule has 0 amide bonds. The Bertz CT molecular complexity index is 165. The van der Waals surface area contributed by atoms with E-state index >= 15 is 0 Å². The van der Waals surface area contributed by atoms with Gasteiger partial charge in [0, 0.05) is 12.6 Å². The maximum atomic E-state index is 5.54. The first kappa shape index (κ1) is 10.7. The molecule has 2 unspecified atom stereocenters. The number of hydrogen-bond acceptors (Lipinski definition) is 2. The molecule has 1 rings (SSSR count). The van der Waals surface area contributed by atoms with Crippen molar-refractivity contribution >= 4 is 0 Å². The maximum Gasteiger partial charge on any atom is 0.0162 e. The molecular weight excluding hydrogens is 160 g/mol. The van der Waals surface area contributed by atoms with Crippen LogP contribution in [0.5, 0.6) is 0 Å². The fourth-order valence-electron chi connectivity index (χ4n) is 1.75. The molecule has 13 heavy (non-hydrogen) atoms. The summed E-state index contributed by atoms with van der Waals surface area (Å²) in [6.07, 6.45) is 7.26. The molecule has 0 aromatic carbocycles. The predicted octanol–water partition coefficient (Wildman–Crippen LogP) is 1.53. The van der Waals surface area contributed by atoms with Crippen LogP contribution in [0.25, 0.3) is 0 Å². The van der Waals surface area contributed by atoms with E-state index in [4.69, 9.17) is 5.73 Å². The Kier molecular flexibility index (Phi) is 4.46.